The third kappa shape index (κ3) is 2.55. The minimum absolute atomic E-state index is 0.0585. The van der Waals surface area contributed by atoms with E-state index in [0.717, 1.165) is 30.4 Å². The number of aromatic hydroxyl groups is 1. The topological polar surface area (TPSA) is 20.2 Å². The largest absolute Gasteiger partial charge is 0.508 e. The summed E-state index contributed by atoms with van der Waals surface area (Å²) in [6.07, 6.45) is 6.43. The molecule has 0 amide bonds. The summed E-state index contributed by atoms with van der Waals surface area (Å²) in [4.78, 5) is 0. The van der Waals surface area contributed by atoms with E-state index in [4.69, 9.17) is 0 Å². The summed E-state index contributed by atoms with van der Waals surface area (Å²) in [6.45, 7) is 2.18. The predicted octanol–water partition coefficient (Wildman–Crippen LogP) is 3.83. The molecule has 1 N–H and O–H groups in total. The summed E-state index contributed by atoms with van der Waals surface area (Å²) >= 11 is 0. The first-order valence-corrected chi connectivity index (χ1v) is 6.17. The molecule has 88 valence electrons. The molecule has 1 aromatic carbocycles. The molecule has 1 aliphatic rings. The van der Waals surface area contributed by atoms with E-state index in [9.17, 15) is 9.50 Å². The van der Waals surface area contributed by atoms with Crippen LogP contribution in [0.4, 0.5) is 4.39 Å². The Kier molecular flexibility index (Phi) is 3.47. The fraction of sp³-hybridized carbons (Fsp3) is 0.571. The van der Waals surface area contributed by atoms with Crippen LogP contribution in [0.3, 0.4) is 0 Å². The van der Waals surface area contributed by atoms with Gasteiger partial charge in [-0.05, 0) is 42.4 Å². The van der Waals surface area contributed by atoms with Crippen molar-refractivity contribution in [2.45, 2.75) is 45.4 Å². The van der Waals surface area contributed by atoms with Crippen LogP contribution >= 0.6 is 0 Å². The first-order valence-electron chi connectivity index (χ1n) is 6.17. The normalized spacial score (nSPS) is 21.8. The Bertz CT molecular complexity index is 373. The number of phenolic OH excluding ortho intramolecular Hbond substituents is 1. The lowest BCUT2D eigenvalue weighted by Crippen LogP contribution is -2.04. The van der Waals surface area contributed by atoms with Gasteiger partial charge in [-0.2, -0.15) is 0 Å². The molecule has 0 radical (unpaired) electrons. The molecule has 1 atom stereocenters. The van der Waals surface area contributed by atoms with E-state index >= 15 is 0 Å². The minimum Gasteiger partial charge on any atom is -0.508 e. The van der Waals surface area contributed by atoms with Crippen LogP contribution in [0.25, 0.3) is 0 Å². The van der Waals surface area contributed by atoms with Gasteiger partial charge in [0.25, 0.3) is 0 Å². The van der Waals surface area contributed by atoms with Gasteiger partial charge in [-0.3, -0.25) is 0 Å². The van der Waals surface area contributed by atoms with Crippen LogP contribution in [0.15, 0.2) is 12.1 Å². The summed E-state index contributed by atoms with van der Waals surface area (Å²) in [5, 5.41) is 9.43. The predicted molar refractivity (Wildman–Crippen MR) is 63.1 cm³/mol. The second-order valence-electron chi connectivity index (χ2n) is 4.97. The van der Waals surface area contributed by atoms with Gasteiger partial charge in [-0.25, -0.2) is 4.39 Å². The Balaban J connectivity index is 2.36. The smallest absolute Gasteiger partial charge is 0.130 e. The Morgan fingerprint density at radius 2 is 2.06 bits per heavy atom. The monoisotopic (exact) mass is 222 g/mol. The Morgan fingerprint density at radius 3 is 2.88 bits per heavy atom. The zero-order valence-corrected chi connectivity index (χ0v) is 9.80. The number of hydrogen-bond acceptors (Lipinski definition) is 1. The second kappa shape index (κ2) is 4.86. The highest BCUT2D eigenvalue weighted by Gasteiger charge is 2.15. The van der Waals surface area contributed by atoms with Gasteiger partial charge in [0.2, 0.25) is 0 Å². The van der Waals surface area contributed by atoms with Crippen molar-refractivity contribution in [3.63, 3.8) is 0 Å². The molecule has 0 aromatic heterocycles. The number of benzene rings is 1. The maximum Gasteiger partial charge on any atom is 0.130 e. The zero-order valence-electron chi connectivity index (χ0n) is 9.80. The molecule has 0 fully saturated rings. The van der Waals surface area contributed by atoms with Crippen molar-refractivity contribution in [1.82, 2.24) is 0 Å². The van der Waals surface area contributed by atoms with E-state index in [1.54, 1.807) is 6.07 Å². The van der Waals surface area contributed by atoms with Crippen LogP contribution in [-0.2, 0) is 12.8 Å². The van der Waals surface area contributed by atoms with E-state index in [1.807, 2.05) is 0 Å². The maximum atomic E-state index is 13.8. The van der Waals surface area contributed by atoms with Gasteiger partial charge in [0, 0.05) is 6.07 Å². The Morgan fingerprint density at radius 1 is 1.25 bits per heavy atom. The van der Waals surface area contributed by atoms with E-state index in [1.165, 1.54) is 25.3 Å². The molecule has 0 saturated carbocycles. The van der Waals surface area contributed by atoms with Crippen molar-refractivity contribution in [3.8, 4) is 5.75 Å². The van der Waals surface area contributed by atoms with Gasteiger partial charge in [-0.1, -0.05) is 26.2 Å². The lowest BCUT2D eigenvalue weighted by molar-refractivity contribution is 0.462. The average molecular weight is 222 g/mol. The highest BCUT2D eigenvalue weighted by atomic mass is 19.1. The fourth-order valence-corrected chi connectivity index (χ4v) is 2.56. The molecule has 2 rings (SSSR count). The SMILES string of the molecule is CC1CCCCCc2cc(O)cc(F)c2C1. The quantitative estimate of drug-likeness (QED) is 0.707. The Hall–Kier alpha value is -1.05. The van der Waals surface area contributed by atoms with Crippen LogP contribution in [-0.4, -0.2) is 5.11 Å². The van der Waals surface area contributed by atoms with Gasteiger partial charge in [0.15, 0.2) is 0 Å². The number of rotatable bonds is 0. The highest BCUT2D eigenvalue weighted by Crippen LogP contribution is 2.28. The molecule has 0 heterocycles. The molecule has 0 spiro atoms. The van der Waals surface area contributed by atoms with Crippen LogP contribution in [0.2, 0.25) is 0 Å². The van der Waals surface area contributed by atoms with Crippen molar-refractivity contribution in [1.29, 1.82) is 0 Å². The molecule has 1 nitrogen and oxygen atoms in total. The first-order chi connectivity index (χ1) is 7.66. The number of hydrogen-bond donors (Lipinski definition) is 1. The molecular formula is C14H19FO. The van der Waals surface area contributed by atoms with Gasteiger partial charge < -0.3 is 5.11 Å². The first kappa shape index (κ1) is 11.4. The van der Waals surface area contributed by atoms with Crippen molar-refractivity contribution >= 4 is 0 Å². The number of fused-ring (bicyclic) bond motifs is 1. The number of phenols is 1. The van der Waals surface area contributed by atoms with Gasteiger partial charge in [0.1, 0.15) is 11.6 Å². The Labute approximate surface area is 96.3 Å². The fourth-order valence-electron chi connectivity index (χ4n) is 2.56. The van der Waals surface area contributed by atoms with Crippen molar-refractivity contribution in [3.05, 3.63) is 29.1 Å². The third-order valence-corrected chi connectivity index (χ3v) is 3.47. The summed E-state index contributed by atoms with van der Waals surface area (Å²) in [6, 6.07) is 2.97. The van der Waals surface area contributed by atoms with Crippen LogP contribution < -0.4 is 0 Å². The van der Waals surface area contributed by atoms with Crippen LogP contribution in [0, 0.1) is 11.7 Å². The van der Waals surface area contributed by atoms with Crippen LogP contribution in [0.5, 0.6) is 5.75 Å². The highest BCUT2D eigenvalue weighted by molar-refractivity contribution is 5.36. The summed E-state index contributed by atoms with van der Waals surface area (Å²) in [5.41, 5.74) is 1.83. The summed E-state index contributed by atoms with van der Waals surface area (Å²) in [7, 11) is 0. The minimum atomic E-state index is -0.233. The van der Waals surface area contributed by atoms with E-state index in [2.05, 4.69) is 6.92 Å². The van der Waals surface area contributed by atoms with Gasteiger partial charge in [-0.15, -0.1) is 0 Å². The number of halogens is 1. The average Bonchev–Trinajstić information content (AvgIpc) is 2.29. The zero-order chi connectivity index (χ0) is 11.5. The van der Waals surface area contributed by atoms with Gasteiger partial charge in [0.05, 0.1) is 0 Å². The summed E-state index contributed by atoms with van der Waals surface area (Å²) in [5.74, 6) is 0.364. The van der Waals surface area contributed by atoms with Crippen molar-refractivity contribution < 1.29 is 9.50 Å². The molecule has 0 aliphatic heterocycles. The molecular weight excluding hydrogens is 203 g/mol. The van der Waals surface area contributed by atoms with Gasteiger partial charge >= 0.3 is 0 Å². The third-order valence-electron chi connectivity index (χ3n) is 3.47. The molecule has 1 unspecified atom stereocenters. The lowest BCUT2D eigenvalue weighted by atomic mass is 9.93. The lowest BCUT2D eigenvalue weighted by Gasteiger charge is -2.13. The van der Waals surface area contributed by atoms with Crippen LogP contribution in [0.1, 0.15) is 43.7 Å². The summed E-state index contributed by atoms with van der Waals surface area (Å²) < 4.78 is 13.8. The van der Waals surface area contributed by atoms with Crippen molar-refractivity contribution in [2.75, 3.05) is 0 Å². The van der Waals surface area contributed by atoms with E-state index in [-0.39, 0.29) is 11.6 Å². The molecule has 16 heavy (non-hydrogen) atoms. The molecule has 2 heteroatoms. The van der Waals surface area contributed by atoms with Crippen molar-refractivity contribution in [2.24, 2.45) is 5.92 Å². The molecule has 0 bridgehead atoms. The number of aryl methyl sites for hydroxylation is 1. The second-order valence-corrected chi connectivity index (χ2v) is 4.97. The standard InChI is InChI=1S/C14H19FO/c1-10-5-3-2-4-6-11-8-12(16)9-14(15)13(11)7-10/h8-10,16H,2-7H2,1H3. The molecule has 0 saturated heterocycles. The van der Waals surface area contributed by atoms with E-state index in [0.29, 0.717) is 5.92 Å². The molecule has 1 aromatic rings. The maximum absolute atomic E-state index is 13.8. The molecule has 1 aliphatic carbocycles. The van der Waals surface area contributed by atoms with E-state index < -0.39 is 0 Å².